The van der Waals surface area contributed by atoms with E-state index in [9.17, 15) is 9.90 Å². The molecule has 2 aromatic rings. The number of rotatable bonds is 6. The van der Waals surface area contributed by atoms with Crippen molar-refractivity contribution >= 4 is 6.03 Å². The summed E-state index contributed by atoms with van der Waals surface area (Å²) in [5, 5.41) is 16.3. The first-order valence-corrected chi connectivity index (χ1v) is 9.84. The van der Waals surface area contributed by atoms with E-state index in [0.29, 0.717) is 24.2 Å². The molecule has 0 spiro atoms. The van der Waals surface area contributed by atoms with Crippen molar-refractivity contribution in [3.8, 4) is 5.75 Å². The van der Waals surface area contributed by atoms with Crippen LogP contribution in [0.15, 0.2) is 28.8 Å². The molecule has 1 aliphatic heterocycles. The smallest absolute Gasteiger partial charge is 0.318 e. The van der Waals surface area contributed by atoms with Crippen molar-refractivity contribution in [2.75, 3.05) is 6.54 Å². The Morgan fingerprint density at radius 2 is 2.04 bits per heavy atom. The summed E-state index contributed by atoms with van der Waals surface area (Å²) in [7, 11) is 0. The highest BCUT2D eigenvalue weighted by atomic mass is 16.5. The maximum Gasteiger partial charge on any atom is 0.318 e. The Labute approximate surface area is 158 Å². The SMILES string of the molecule is O=C(NCc1noc(C2CC2)n1)N1CCCCC1CCc1ccc(O)cc1. The van der Waals surface area contributed by atoms with E-state index in [4.69, 9.17) is 4.52 Å². The van der Waals surface area contributed by atoms with Gasteiger partial charge in [-0.3, -0.25) is 0 Å². The van der Waals surface area contributed by atoms with Crippen LogP contribution in [0.1, 0.15) is 61.7 Å². The molecule has 2 fully saturated rings. The van der Waals surface area contributed by atoms with E-state index in [0.717, 1.165) is 51.5 Å². The van der Waals surface area contributed by atoms with E-state index in [1.165, 1.54) is 5.56 Å². The van der Waals surface area contributed by atoms with Crippen molar-refractivity contribution in [2.24, 2.45) is 0 Å². The number of likely N-dealkylation sites (tertiary alicyclic amines) is 1. The molecular formula is C20H26N4O3. The van der Waals surface area contributed by atoms with Gasteiger partial charge >= 0.3 is 6.03 Å². The normalized spacial score (nSPS) is 19.9. The molecule has 144 valence electrons. The molecule has 7 nitrogen and oxygen atoms in total. The Kier molecular flexibility index (Phi) is 5.27. The van der Waals surface area contributed by atoms with E-state index in [2.05, 4.69) is 15.5 Å². The van der Waals surface area contributed by atoms with Gasteiger partial charge in [-0.15, -0.1) is 0 Å². The summed E-state index contributed by atoms with van der Waals surface area (Å²) in [6.45, 7) is 1.09. The second kappa shape index (κ2) is 7.98. The Bertz CT molecular complexity index is 770. The first-order chi connectivity index (χ1) is 13.2. The number of aromatic hydroxyl groups is 1. The van der Waals surface area contributed by atoms with Gasteiger partial charge in [0.15, 0.2) is 5.82 Å². The third-order valence-electron chi connectivity index (χ3n) is 5.40. The number of aryl methyl sites for hydroxylation is 1. The third-order valence-corrected chi connectivity index (χ3v) is 5.40. The molecule has 7 heteroatoms. The average Bonchev–Trinajstić information content (AvgIpc) is 3.44. The molecular weight excluding hydrogens is 344 g/mol. The number of aromatic nitrogens is 2. The number of carbonyl (C=O) groups is 1. The van der Waals surface area contributed by atoms with Gasteiger partial charge < -0.3 is 19.8 Å². The number of nitrogens with zero attached hydrogens (tertiary/aromatic N) is 3. The van der Waals surface area contributed by atoms with Gasteiger partial charge in [-0.25, -0.2) is 4.79 Å². The van der Waals surface area contributed by atoms with Crippen LogP contribution in [0.2, 0.25) is 0 Å². The molecule has 2 aliphatic rings. The highest BCUT2D eigenvalue weighted by Gasteiger charge is 2.30. The summed E-state index contributed by atoms with van der Waals surface area (Å²) in [5.41, 5.74) is 1.18. The van der Waals surface area contributed by atoms with Gasteiger partial charge in [0.05, 0.1) is 6.54 Å². The highest BCUT2D eigenvalue weighted by Crippen LogP contribution is 2.38. The summed E-state index contributed by atoms with van der Waals surface area (Å²) < 4.78 is 5.24. The molecule has 2 amide bonds. The average molecular weight is 370 g/mol. The largest absolute Gasteiger partial charge is 0.508 e. The lowest BCUT2D eigenvalue weighted by molar-refractivity contribution is 0.146. The van der Waals surface area contributed by atoms with Crippen molar-refractivity contribution in [3.05, 3.63) is 41.5 Å². The van der Waals surface area contributed by atoms with E-state index in [-0.39, 0.29) is 17.8 Å². The topological polar surface area (TPSA) is 91.5 Å². The van der Waals surface area contributed by atoms with Gasteiger partial charge in [0.25, 0.3) is 0 Å². The fourth-order valence-electron chi connectivity index (χ4n) is 3.66. The number of phenols is 1. The van der Waals surface area contributed by atoms with Crippen LogP contribution in [-0.4, -0.2) is 38.8 Å². The summed E-state index contributed by atoms with van der Waals surface area (Å²) in [4.78, 5) is 19.0. The molecule has 0 bridgehead atoms. The number of hydrogen-bond acceptors (Lipinski definition) is 5. The number of phenolic OH excluding ortho intramolecular Hbond substituents is 1. The lowest BCUT2D eigenvalue weighted by Gasteiger charge is -2.35. The maximum absolute atomic E-state index is 12.7. The van der Waals surface area contributed by atoms with E-state index >= 15 is 0 Å². The van der Waals surface area contributed by atoms with Crippen LogP contribution < -0.4 is 5.32 Å². The molecule has 1 aliphatic carbocycles. The number of piperidine rings is 1. The minimum Gasteiger partial charge on any atom is -0.508 e. The molecule has 1 saturated heterocycles. The number of urea groups is 1. The molecule has 2 heterocycles. The van der Waals surface area contributed by atoms with Crippen LogP contribution in [0.5, 0.6) is 5.75 Å². The summed E-state index contributed by atoms with van der Waals surface area (Å²) in [6.07, 6.45) is 7.27. The zero-order valence-corrected chi connectivity index (χ0v) is 15.4. The lowest BCUT2D eigenvalue weighted by Crippen LogP contribution is -2.48. The van der Waals surface area contributed by atoms with Gasteiger partial charge in [0.2, 0.25) is 5.89 Å². The van der Waals surface area contributed by atoms with Gasteiger partial charge in [-0.1, -0.05) is 17.3 Å². The highest BCUT2D eigenvalue weighted by molar-refractivity contribution is 5.74. The van der Waals surface area contributed by atoms with Gasteiger partial charge in [0.1, 0.15) is 5.75 Å². The monoisotopic (exact) mass is 370 g/mol. The zero-order chi connectivity index (χ0) is 18.6. The fraction of sp³-hybridized carbons (Fsp3) is 0.550. The van der Waals surface area contributed by atoms with Crippen LogP contribution in [0.25, 0.3) is 0 Å². The molecule has 1 unspecified atom stereocenters. The summed E-state index contributed by atoms with van der Waals surface area (Å²) in [5.74, 6) is 1.95. The van der Waals surface area contributed by atoms with Crippen LogP contribution in [0, 0.1) is 0 Å². The molecule has 4 rings (SSSR count). The second-order valence-corrected chi connectivity index (χ2v) is 7.53. The fourth-order valence-corrected chi connectivity index (χ4v) is 3.66. The Morgan fingerprint density at radius 1 is 1.22 bits per heavy atom. The van der Waals surface area contributed by atoms with Crippen LogP contribution >= 0.6 is 0 Å². The second-order valence-electron chi connectivity index (χ2n) is 7.53. The van der Waals surface area contributed by atoms with Crippen molar-refractivity contribution in [1.82, 2.24) is 20.4 Å². The quantitative estimate of drug-likeness (QED) is 0.814. The van der Waals surface area contributed by atoms with E-state index in [1.54, 1.807) is 12.1 Å². The van der Waals surface area contributed by atoms with E-state index in [1.807, 2.05) is 17.0 Å². The molecule has 2 N–H and O–H groups in total. The molecule has 1 atom stereocenters. The maximum atomic E-state index is 12.7. The number of carbonyl (C=O) groups excluding carboxylic acids is 1. The van der Waals surface area contributed by atoms with Crippen molar-refractivity contribution in [2.45, 2.75) is 63.5 Å². The minimum atomic E-state index is -0.0526. The molecule has 1 aromatic heterocycles. The van der Waals surface area contributed by atoms with Crippen molar-refractivity contribution < 1.29 is 14.4 Å². The molecule has 27 heavy (non-hydrogen) atoms. The van der Waals surface area contributed by atoms with Crippen LogP contribution in [-0.2, 0) is 13.0 Å². The summed E-state index contributed by atoms with van der Waals surface area (Å²) in [6, 6.07) is 7.48. The standard InChI is InChI=1S/C20H26N4O3/c25-17-10-5-14(6-11-17)4-9-16-3-1-2-12-24(16)20(26)21-13-18-22-19(27-23-18)15-7-8-15/h5-6,10-11,15-16,25H,1-4,7-9,12-13H2,(H,21,26). The predicted molar refractivity (Wildman–Crippen MR) is 99.3 cm³/mol. The van der Waals surface area contributed by atoms with Crippen molar-refractivity contribution in [1.29, 1.82) is 0 Å². The Balaban J connectivity index is 1.30. The number of amides is 2. The molecule has 0 radical (unpaired) electrons. The Hall–Kier alpha value is -2.57. The Morgan fingerprint density at radius 3 is 2.81 bits per heavy atom. The van der Waals surface area contributed by atoms with Crippen LogP contribution in [0.3, 0.4) is 0 Å². The molecule has 1 aromatic carbocycles. The van der Waals surface area contributed by atoms with E-state index < -0.39 is 0 Å². The summed E-state index contributed by atoms with van der Waals surface area (Å²) >= 11 is 0. The number of hydrogen-bond donors (Lipinski definition) is 2. The minimum absolute atomic E-state index is 0.0526. The third kappa shape index (κ3) is 4.59. The van der Waals surface area contributed by atoms with Gasteiger partial charge in [0, 0.05) is 18.5 Å². The number of nitrogens with one attached hydrogen (secondary N) is 1. The zero-order valence-electron chi connectivity index (χ0n) is 15.4. The van der Waals surface area contributed by atoms with Crippen molar-refractivity contribution in [3.63, 3.8) is 0 Å². The first kappa shape index (κ1) is 17.8. The first-order valence-electron chi connectivity index (χ1n) is 9.84. The van der Waals surface area contributed by atoms with Gasteiger partial charge in [-0.05, 0) is 62.6 Å². The lowest BCUT2D eigenvalue weighted by atomic mass is 9.96. The molecule has 1 saturated carbocycles. The van der Waals surface area contributed by atoms with Crippen LogP contribution in [0.4, 0.5) is 4.79 Å². The number of benzene rings is 1. The van der Waals surface area contributed by atoms with Gasteiger partial charge in [-0.2, -0.15) is 4.98 Å². The predicted octanol–water partition coefficient (Wildman–Crippen LogP) is 3.35.